The highest BCUT2D eigenvalue weighted by molar-refractivity contribution is 7.86. The Morgan fingerprint density at radius 2 is 2.00 bits per heavy atom. The lowest BCUT2D eigenvalue weighted by atomic mass is 10.1. The molecule has 14 heteroatoms. The molecule has 0 unspecified atom stereocenters. The topological polar surface area (TPSA) is 155 Å². The first-order valence-electron chi connectivity index (χ1n) is 10.1. The van der Waals surface area contributed by atoms with E-state index < -0.39 is 39.2 Å². The monoisotopic (exact) mass is 513 g/mol. The van der Waals surface area contributed by atoms with E-state index in [0.717, 1.165) is 6.26 Å². The molecule has 1 aromatic carbocycles. The van der Waals surface area contributed by atoms with Crippen molar-refractivity contribution in [3.8, 4) is 0 Å². The summed E-state index contributed by atoms with van der Waals surface area (Å²) in [4.78, 5) is 40.3. The number of nitro groups is 1. The minimum absolute atomic E-state index is 0.0111. The van der Waals surface area contributed by atoms with Crippen LogP contribution in [-0.4, -0.2) is 67.3 Å². The lowest BCUT2D eigenvalue weighted by Gasteiger charge is -2.23. The van der Waals surface area contributed by atoms with E-state index in [-0.39, 0.29) is 31.7 Å². The Balaban J connectivity index is 1.67. The van der Waals surface area contributed by atoms with Gasteiger partial charge in [-0.2, -0.15) is 8.42 Å². The maximum atomic E-state index is 12.8. The van der Waals surface area contributed by atoms with E-state index in [0.29, 0.717) is 22.7 Å². The molecule has 1 aromatic heterocycles. The highest BCUT2D eigenvalue weighted by Crippen LogP contribution is 2.27. The number of likely N-dealkylation sites (tertiary alicyclic amines) is 1. The Bertz CT molecular complexity index is 1150. The van der Waals surface area contributed by atoms with Gasteiger partial charge in [0.05, 0.1) is 48.1 Å². The number of rotatable bonds is 9. The van der Waals surface area contributed by atoms with Crippen LogP contribution < -0.4 is 0 Å². The normalized spacial score (nSPS) is 18.0. The number of nitro benzene ring substituents is 1. The summed E-state index contributed by atoms with van der Waals surface area (Å²) in [5.41, 5.74) is 1.03. The molecule has 0 bridgehead atoms. The third kappa shape index (κ3) is 7.20. The molecule has 0 aliphatic carbocycles. The molecule has 1 aliphatic rings. The van der Waals surface area contributed by atoms with Gasteiger partial charge in [-0.25, -0.2) is 9.78 Å². The number of carbonyl (C=O) groups excluding carboxylic acids is 2. The Labute approximate surface area is 199 Å². The number of hydrogen-bond donors (Lipinski definition) is 0. The number of ether oxygens (including phenoxy) is 2. The summed E-state index contributed by atoms with van der Waals surface area (Å²) in [6.07, 6.45) is 0.139. The van der Waals surface area contributed by atoms with Gasteiger partial charge in [0.1, 0.15) is 6.61 Å². The molecule has 0 spiro atoms. The fraction of sp³-hybridized carbons (Fsp3) is 0.450. The number of benzene rings is 1. The van der Waals surface area contributed by atoms with Crippen molar-refractivity contribution in [2.75, 3.05) is 19.9 Å². The lowest BCUT2D eigenvalue weighted by molar-refractivity contribution is -0.384. The summed E-state index contributed by atoms with van der Waals surface area (Å²) in [6, 6.07) is 5.16. The summed E-state index contributed by atoms with van der Waals surface area (Å²) in [5, 5.41) is 13.2. The average Bonchev–Trinajstić information content (AvgIpc) is 3.37. The molecule has 3 rings (SSSR count). The van der Waals surface area contributed by atoms with Gasteiger partial charge in [-0.05, 0) is 24.1 Å². The van der Waals surface area contributed by atoms with Crippen LogP contribution in [0.4, 0.5) is 10.5 Å². The number of amides is 1. The van der Waals surface area contributed by atoms with Crippen molar-refractivity contribution >= 4 is 39.2 Å². The van der Waals surface area contributed by atoms with Gasteiger partial charge in [-0.1, -0.05) is 0 Å². The van der Waals surface area contributed by atoms with Gasteiger partial charge in [0, 0.05) is 30.0 Å². The quantitative estimate of drug-likeness (QED) is 0.210. The number of non-ortho nitro benzene ring substituents is 1. The Morgan fingerprint density at radius 1 is 1.29 bits per heavy atom. The molecule has 2 aromatic rings. The fourth-order valence-corrected chi connectivity index (χ4v) is 5.00. The molecule has 0 radical (unpaired) electrons. The largest absolute Gasteiger partial charge is 0.469 e. The zero-order valence-corrected chi connectivity index (χ0v) is 20.0. The molecule has 0 saturated carbocycles. The molecule has 1 fully saturated rings. The first-order chi connectivity index (χ1) is 16.0. The van der Waals surface area contributed by atoms with E-state index in [1.54, 1.807) is 5.38 Å². The molecule has 1 saturated heterocycles. The second-order valence-electron chi connectivity index (χ2n) is 7.63. The molecule has 12 nitrogen and oxygen atoms in total. The molecule has 2 heterocycles. The van der Waals surface area contributed by atoms with Crippen molar-refractivity contribution in [3.05, 3.63) is 56.0 Å². The summed E-state index contributed by atoms with van der Waals surface area (Å²) >= 11 is 1.32. The fourth-order valence-electron chi connectivity index (χ4n) is 3.50. The van der Waals surface area contributed by atoms with Gasteiger partial charge in [0.2, 0.25) is 0 Å². The number of hydrogen-bond acceptors (Lipinski definition) is 11. The van der Waals surface area contributed by atoms with Crippen LogP contribution in [0.15, 0.2) is 29.6 Å². The van der Waals surface area contributed by atoms with Crippen LogP contribution in [0.5, 0.6) is 0 Å². The molecule has 1 amide bonds. The van der Waals surface area contributed by atoms with E-state index in [2.05, 4.69) is 9.72 Å². The Hall–Kier alpha value is -3.10. The van der Waals surface area contributed by atoms with Crippen molar-refractivity contribution in [2.45, 2.75) is 38.0 Å². The van der Waals surface area contributed by atoms with Gasteiger partial charge in [-0.3, -0.25) is 19.1 Å². The molecule has 34 heavy (non-hydrogen) atoms. The minimum Gasteiger partial charge on any atom is -0.469 e. The molecule has 1 aliphatic heterocycles. The summed E-state index contributed by atoms with van der Waals surface area (Å²) in [6.45, 7) is -0.102. The third-order valence-corrected chi connectivity index (χ3v) is 6.54. The number of methoxy groups -OCH3 is 1. The van der Waals surface area contributed by atoms with Crippen LogP contribution in [0.3, 0.4) is 0 Å². The summed E-state index contributed by atoms with van der Waals surface area (Å²) in [5.74, 6) is -0.421. The number of carbonyl (C=O) groups is 2. The van der Waals surface area contributed by atoms with Crippen molar-refractivity contribution < 1.29 is 36.6 Å². The van der Waals surface area contributed by atoms with Crippen molar-refractivity contribution in [3.63, 3.8) is 0 Å². The number of aromatic nitrogens is 1. The average molecular weight is 514 g/mol. The highest BCUT2D eigenvalue weighted by Gasteiger charge is 2.39. The zero-order chi connectivity index (χ0) is 24.9. The van der Waals surface area contributed by atoms with Gasteiger partial charge >= 0.3 is 12.1 Å². The number of thiazole rings is 1. The number of esters is 1. The molecule has 184 valence electrons. The van der Waals surface area contributed by atoms with E-state index in [4.69, 9.17) is 8.92 Å². The van der Waals surface area contributed by atoms with E-state index in [1.165, 1.54) is 47.6 Å². The van der Waals surface area contributed by atoms with Crippen LogP contribution in [0.2, 0.25) is 0 Å². The van der Waals surface area contributed by atoms with Crippen LogP contribution in [0.25, 0.3) is 0 Å². The van der Waals surface area contributed by atoms with Crippen molar-refractivity contribution in [1.82, 2.24) is 9.88 Å². The standard InChI is InChI=1S/C20H23N3O9S2/c1-30-19(24)7-14-12-33-18(21-14)9-16-8-17(32-34(2,28)29)10-22(16)20(25)31-11-13-3-5-15(6-4-13)23(26)27/h3-6,12,16-17H,7-11H2,1-2H3/t16-,17+/m0/s1. The van der Waals surface area contributed by atoms with Crippen molar-refractivity contribution in [2.24, 2.45) is 0 Å². The third-order valence-electron chi connectivity index (χ3n) is 4.99. The Morgan fingerprint density at radius 3 is 2.62 bits per heavy atom. The molecular weight excluding hydrogens is 490 g/mol. The molecular formula is C20H23N3O9S2. The second-order valence-corrected chi connectivity index (χ2v) is 10.2. The molecule has 2 atom stereocenters. The van der Waals surface area contributed by atoms with Gasteiger partial charge < -0.3 is 14.4 Å². The first-order valence-corrected chi connectivity index (χ1v) is 12.8. The van der Waals surface area contributed by atoms with E-state index in [9.17, 15) is 28.1 Å². The van der Waals surface area contributed by atoms with Crippen LogP contribution >= 0.6 is 11.3 Å². The maximum absolute atomic E-state index is 12.8. The zero-order valence-electron chi connectivity index (χ0n) is 18.4. The van der Waals surface area contributed by atoms with Gasteiger partial charge in [0.15, 0.2) is 0 Å². The predicted molar refractivity (Wildman–Crippen MR) is 120 cm³/mol. The Kier molecular flexibility index (Phi) is 8.17. The second kappa shape index (κ2) is 10.9. The highest BCUT2D eigenvalue weighted by atomic mass is 32.2. The van der Waals surface area contributed by atoms with Crippen LogP contribution in [-0.2, 0) is 48.0 Å². The maximum Gasteiger partial charge on any atom is 0.410 e. The smallest absolute Gasteiger partial charge is 0.410 e. The van der Waals surface area contributed by atoms with Crippen LogP contribution in [0, 0.1) is 10.1 Å². The molecule has 0 N–H and O–H groups in total. The van der Waals surface area contributed by atoms with Gasteiger partial charge in [-0.15, -0.1) is 11.3 Å². The summed E-state index contributed by atoms with van der Waals surface area (Å²) < 4.78 is 38.3. The first kappa shape index (κ1) is 25.5. The predicted octanol–water partition coefficient (Wildman–Crippen LogP) is 2.07. The van der Waals surface area contributed by atoms with Gasteiger partial charge in [0.25, 0.3) is 15.8 Å². The van der Waals surface area contributed by atoms with E-state index in [1.807, 2.05) is 0 Å². The van der Waals surface area contributed by atoms with Crippen LogP contribution in [0.1, 0.15) is 22.7 Å². The SMILES string of the molecule is COC(=O)Cc1csc(C[C@@H]2C[C@@H](OS(C)(=O)=O)CN2C(=O)OCc2ccc([N+](=O)[O-])cc2)n1. The lowest BCUT2D eigenvalue weighted by Crippen LogP contribution is -2.37. The van der Waals surface area contributed by atoms with Crippen molar-refractivity contribution in [1.29, 1.82) is 0 Å². The van der Waals surface area contributed by atoms with E-state index >= 15 is 0 Å². The summed E-state index contributed by atoms with van der Waals surface area (Å²) in [7, 11) is -2.44. The number of nitrogens with zero attached hydrogens (tertiary/aromatic N) is 3. The minimum atomic E-state index is -3.73.